The first kappa shape index (κ1) is 13.7. The molecular weight excluding hydrogens is 260 g/mol. The summed E-state index contributed by atoms with van der Waals surface area (Å²) in [5.41, 5.74) is 1.51. The lowest BCUT2D eigenvalue weighted by Crippen LogP contribution is -2.22. The summed E-state index contributed by atoms with van der Waals surface area (Å²) in [7, 11) is 3.04. The van der Waals surface area contributed by atoms with Crippen molar-refractivity contribution in [3.05, 3.63) is 47.5 Å². The van der Waals surface area contributed by atoms with Gasteiger partial charge < -0.3 is 10.1 Å². The largest absolute Gasteiger partial charge is 0.464 e. The Morgan fingerprint density at radius 3 is 2.70 bits per heavy atom. The lowest BCUT2D eigenvalue weighted by molar-refractivity contribution is 0.0593. The van der Waals surface area contributed by atoms with Gasteiger partial charge in [0.05, 0.1) is 18.9 Å². The molecule has 0 unspecified atom stereocenters. The van der Waals surface area contributed by atoms with E-state index in [1.807, 2.05) is 0 Å². The van der Waals surface area contributed by atoms with Gasteiger partial charge in [-0.25, -0.2) is 9.78 Å². The standard InChI is InChI=1S/C13H14N4O3/c1-17-8-10(7-16-17)12(18)15-6-9-3-4-11(14-5-9)13(19)20-2/h3-5,7-8H,6H2,1-2H3,(H,15,18). The average molecular weight is 274 g/mol. The van der Waals surface area contributed by atoms with Crippen LogP contribution < -0.4 is 5.32 Å². The molecule has 0 atom stereocenters. The molecule has 2 heterocycles. The van der Waals surface area contributed by atoms with E-state index < -0.39 is 5.97 Å². The number of pyridine rings is 1. The van der Waals surface area contributed by atoms with E-state index >= 15 is 0 Å². The van der Waals surface area contributed by atoms with Crippen LogP contribution in [-0.2, 0) is 18.3 Å². The molecule has 0 aliphatic heterocycles. The molecule has 104 valence electrons. The highest BCUT2D eigenvalue weighted by atomic mass is 16.5. The molecule has 7 nitrogen and oxygen atoms in total. The van der Waals surface area contributed by atoms with Crippen molar-refractivity contribution in [1.29, 1.82) is 0 Å². The van der Waals surface area contributed by atoms with E-state index in [-0.39, 0.29) is 11.6 Å². The maximum atomic E-state index is 11.8. The van der Waals surface area contributed by atoms with Crippen LogP contribution in [0.5, 0.6) is 0 Å². The SMILES string of the molecule is COC(=O)c1ccc(CNC(=O)c2cnn(C)c2)cn1. The molecule has 0 aliphatic rings. The Kier molecular flexibility index (Phi) is 4.09. The number of nitrogens with one attached hydrogen (secondary N) is 1. The zero-order valence-electron chi connectivity index (χ0n) is 11.2. The minimum absolute atomic E-state index is 0.213. The molecule has 0 fully saturated rings. The molecule has 2 rings (SSSR count). The summed E-state index contributed by atoms with van der Waals surface area (Å²) in [5, 5.41) is 6.67. The summed E-state index contributed by atoms with van der Waals surface area (Å²) < 4.78 is 6.11. The lowest BCUT2D eigenvalue weighted by Gasteiger charge is -2.04. The number of nitrogens with zero attached hydrogens (tertiary/aromatic N) is 3. The smallest absolute Gasteiger partial charge is 0.356 e. The second kappa shape index (κ2) is 5.96. The van der Waals surface area contributed by atoms with Crippen LogP contribution in [0.15, 0.2) is 30.7 Å². The van der Waals surface area contributed by atoms with E-state index in [9.17, 15) is 9.59 Å². The fraction of sp³-hybridized carbons (Fsp3) is 0.231. The van der Waals surface area contributed by atoms with Crippen molar-refractivity contribution in [2.75, 3.05) is 7.11 Å². The summed E-state index contributed by atoms with van der Waals surface area (Å²) in [6, 6.07) is 3.26. The highest BCUT2D eigenvalue weighted by Gasteiger charge is 2.09. The molecule has 0 bridgehead atoms. The summed E-state index contributed by atoms with van der Waals surface area (Å²) in [6.45, 7) is 0.322. The molecular formula is C13H14N4O3. The van der Waals surface area contributed by atoms with Gasteiger partial charge in [0, 0.05) is 26.0 Å². The third-order valence-electron chi connectivity index (χ3n) is 2.64. The number of amides is 1. The van der Waals surface area contributed by atoms with E-state index in [0.717, 1.165) is 5.56 Å². The van der Waals surface area contributed by atoms with E-state index in [0.29, 0.717) is 12.1 Å². The maximum Gasteiger partial charge on any atom is 0.356 e. The molecule has 2 aromatic heterocycles. The van der Waals surface area contributed by atoms with Crippen LogP contribution in [-0.4, -0.2) is 33.8 Å². The van der Waals surface area contributed by atoms with Crippen molar-refractivity contribution in [2.24, 2.45) is 7.05 Å². The van der Waals surface area contributed by atoms with Gasteiger partial charge in [-0.2, -0.15) is 5.10 Å². The number of aromatic nitrogens is 3. The molecule has 1 amide bonds. The molecule has 0 spiro atoms. The maximum absolute atomic E-state index is 11.8. The van der Waals surface area contributed by atoms with Crippen LogP contribution in [0.3, 0.4) is 0 Å². The number of esters is 1. The summed E-state index contributed by atoms with van der Waals surface area (Å²) in [5.74, 6) is -0.703. The number of rotatable bonds is 4. The second-order valence-corrected chi connectivity index (χ2v) is 4.13. The van der Waals surface area contributed by atoms with Crippen LogP contribution >= 0.6 is 0 Å². The van der Waals surface area contributed by atoms with Gasteiger partial charge in [0.15, 0.2) is 0 Å². The van der Waals surface area contributed by atoms with Gasteiger partial charge in [-0.15, -0.1) is 0 Å². The van der Waals surface area contributed by atoms with Gasteiger partial charge >= 0.3 is 5.97 Å². The molecule has 7 heteroatoms. The number of hydrogen-bond donors (Lipinski definition) is 1. The first-order chi connectivity index (χ1) is 9.60. The van der Waals surface area contributed by atoms with E-state index in [1.165, 1.54) is 19.5 Å². The van der Waals surface area contributed by atoms with Gasteiger partial charge in [0.2, 0.25) is 0 Å². The predicted octanol–water partition coefficient (Wildman–Crippen LogP) is 0.532. The minimum atomic E-state index is -0.490. The van der Waals surface area contributed by atoms with Crippen molar-refractivity contribution in [1.82, 2.24) is 20.1 Å². The normalized spacial score (nSPS) is 10.1. The Labute approximate surface area is 115 Å². The van der Waals surface area contributed by atoms with E-state index in [4.69, 9.17) is 0 Å². The zero-order valence-corrected chi connectivity index (χ0v) is 11.2. The molecule has 0 saturated carbocycles. The number of ether oxygens (including phenoxy) is 1. The summed E-state index contributed by atoms with van der Waals surface area (Å²) in [4.78, 5) is 27.0. The quantitative estimate of drug-likeness (QED) is 0.822. The molecule has 20 heavy (non-hydrogen) atoms. The number of hydrogen-bond acceptors (Lipinski definition) is 5. The third kappa shape index (κ3) is 3.19. The van der Waals surface area contributed by atoms with Crippen LogP contribution in [0.2, 0.25) is 0 Å². The van der Waals surface area contributed by atoms with Gasteiger partial charge in [-0.3, -0.25) is 9.48 Å². The first-order valence-corrected chi connectivity index (χ1v) is 5.90. The molecule has 0 aliphatic carbocycles. The fourth-order valence-electron chi connectivity index (χ4n) is 1.58. The van der Waals surface area contributed by atoms with Gasteiger partial charge in [-0.1, -0.05) is 6.07 Å². The number of methoxy groups -OCH3 is 1. The lowest BCUT2D eigenvalue weighted by atomic mass is 10.2. The van der Waals surface area contributed by atoms with Crippen molar-refractivity contribution >= 4 is 11.9 Å². The third-order valence-corrected chi connectivity index (χ3v) is 2.64. The van der Waals surface area contributed by atoms with Gasteiger partial charge in [0.25, 0.3) is 5.91 Å². The molecule has 1 N–H and O–H groups in total. The van der Waals surface area contributed by atoms with Crippen LogP contribution in [0.25, 0.3) is 0 Å². The first-order valence-electron chi connectivity index (χ1n) is 5.90. The minimum Gasteiger partial charge on any atom is -0.464 e. The summed E-state index contributed by atoms with van der Waals surface area (Å²) in [6.07, 6.45) is 4.65. The van der Waals surface area contributed by atoms with E-state index in [2.05, 4.69) is 20.1 Å². The van der Waals surface area contributed by atoms with Crippen molar-refractivity contribution in [3.63, 3.8) is 0 Å². The Morgan fingerprint density at radius 1 is 1.35 bits per heavy atom. The number of carbonyl (C=O) groups is 2. The highest BCUT2D eigenvalue weighted by Crippen LogP contribution is 2.03. The van der Waals surface area contributed by atoms with Crippen molar-refractivity contribution in [2.45, 2.75) is 6.54 Å². The monoisotopic (exact) mass is 274 g/mol. The highest BCUT2D eigenvalue weighted by molar-refractivity contribution is 5.93. The molecule has 0 radical (unpaired) electrons. The van der Waals surface area contributed by atoms with Gasteiger partial charge in [-0.05, 0) is 11.6 Å². The Morgan fingerprint density at radius 2 is 2.15 bits per heavy atom. The molecule has 0 saturated heterocycles. The van der Waals surface area contributed by atoms with Crippen molar-refractivity contribution < 1.29 is 14.3 Å². The Hall–Kier alpha value is -2.70. The molecule has 0 aromatic carbocycles. The fourth-order valence-corrected chi connectivity index (χ4v) is 1.58. The predicted molar refractivity (Wildman–Crippen MR) is 70.0 cm³/mol. The zero-order chi connectivity index (χ0) is 14.5. The van der Waals surface area contributed by atoms with Crippen LogP contribution in [0.1, 0.15) is 26.4 Å². The number of carbonyl (C=O) groups excluding carboxylic acids is 2. The number of aryl methyl sites for hydroxylation is 1. The Bertz CT molecular complexity index is 619. The average Bonchev–Trinajstić information content (AvgIpc) is 2.91. The van der Waals surface area contributed by atoms with Gasteiger partial charge in [0.1, 0.15) is 5.69 Å². The topological polar surface area (TPSA) is 86.1 Å². The second-order valence-electron chi connectivity index (χ2n) is 4.13. The van der Waals surface area contributed by atoms with Crippen LogP contribution in [0.4, 0.5) is 0 Å². The van der Waals surface area contributed by atoms with E-state index in [1.54, 1.807) is 30.1 Å². The molecule has 2 aromatic rings. The Balaban J connectivity index is 1.94. The van der Waals surface area contributed by atoms with Crippen LogP contribution in [0, 0.1) is 0 Å². The van der Waals surface area contributed by atoms with Crippen molar-refractivity contribution in [3.8, 4) is 0 Å². The summed E-state index contributed by atoms with van der Waals surface area (Å²) >= 11 is 0.